The minimum atomic E-state index is -1.08. The minimum absolute atomic E-state index is 0.137. The van der Waals surface area contributed by atoms with Gasteiger partial charge in [0, 0.05) is 40.1 Å². The van der Waals surface area contributed by atoms with Crippen LogP contribution in [0.4, 0.5) is 4.39 Å². The van der Waals surface area contributed by atoms with Gasteiger partial charge >= 0.3 is 5.97 Å². The van der Waals surface area contributed by atoms with Crippen LogP contribution in [0.2, 0.25) is 0 Å². The van der Waals surface area contributed by atoms with Crippen molar-refractivity contribution in [1.82, 2.24) is 14.6 Å². The van der Waals surface area contributed by atoms with Crippen LogP contribution in [-0.4, -0.2) is 46.0 Å². The summed E-state index contributed by atoms with van der Waals surface area (Å²) in [5, 5.41) is 5.06. The number of aryl methyl sites for hydroxylation is 2. The third kappa shape index (κ3) is 6.62. The predicted molar refractivity (Wildman–Crippen MR) is 179 cm³/mol. The lowest BCUT2D eigenvalue weighted by molar-refractivity contribution is -0.166. The molecule has 242 valence electrons. The van der Waals surface area contributed by atoms with Gasteiger partial charge in [-0.1, -0.05) is 36.9 Å². The van der Waals surface area contributed by atoms with Gasteiger partial charge in [0.15, 0.2) is 11.8 Å². The number of hydrogen-bond acceptors (Lipinski definition) is 7. The monoisotopic (exact) mass is 635 g/mol. The number of carbonyl (C=O) groups excluding carboxylic acids is 1. The van der Waals surface area contributed by atoms with Crippen LogP contribution < -0.4 is 9.47 Å². The van der Waals surface area contributed by atoms with Gasteiger partial charge in [0.2, 0.25) is 0 Å². The molecule has 3 heterocycles. The number of ether oxygens (including phenoxy) is 4. The Labute approximate surface area is 273 Å². The first-order chi connectivity index (χ1) is 22.4. The lowest BCUT2D eigenvalue weighted by atomic mass is 9.97. The lowest BCUT2D eigenvalue weighted by Crippen LogP contribution is -2.30. The highest BCUT2D eigenvalue weighted by molar-refractivity contribution is 5.83. The van der Waals surface area contributed by atoms with Gasteiger partial charge in [-0.2, -0.15) is 5.10 Å². The molecule has 8 nitrogen and oxygen atoms in total. The molecular formula is C38H38FN3O5. The molecule has 0 aliphatic carbocycles. The highest BCUT2D eigenvalue weighted by Crippen LogP contribution is 2.39. The highest BCUT2D eigenvalue weighted by Gasteiger charge is 2.34. The molecule has 1 atom stereocenters. The van der Waals surface area contributed by atoms with Crippen molar-refractivity contribution in [2.24, 2.45) is 0 Å². The van der Waals surface area contributed by atoms with Gasteiger partial charge in [-0.05, 0) is 82.5 Å². The van der Waals surface area contributed by atoms with Crippen molar-refractivity contribution >= 4 is 11.6 Å². The molecular weight excluding hydrogens is 597 g/mol. The van der Waals surface area contributed by atoms with E-state index in [0.717, 1.165) is 27.8 Å². The smallest absolute Gasteiger partial charge is 0.340 e. The summed E-state index contributed by atoms with van der Waals surface area (Å²) in [5.74, 6) is 0.105. The number of rotatable bonds is 4. The Morgan fingerprint density at radius 3 is 2.47 bits per heavy atom. The Morgan fingerprint density at radius 1 is 0.979 bits per heavy atom. The molecule has 0 amide bonds. The fourth-order valence-electron chi connectivity index (χ4n) is 5.67. The van der Waals surface area contributed by atoms with Crippen molar-refractivity contribution in [1.29, 1.82) is 0 Å². The maximum absolute atomic E-state index is 14.4. The van der Waals surface area contributed by atoms with E-state index in [2.05, 4.69) is 6.58 Å². The highest BCUT2D eigenvalue weighted by atomic mass is 19.1. The molecule has 0 saturated heterocycles. The molecule has 2 aromatic heterocycles. The molecule has 0 radical (unpaired) electrons. The second-order valence-corrected chi connectivity index (χ2v) is 12.7. The normalized spacial score (nSPS) is 13.8. The van der Waals surface area contributed by atoms with E-state index in [1.54, 1.807) is 17.5 Å². The average Bonchev–Trinajstić information content (AvgIpc) is 3.45. The molecule has 0 fully saturated rings. The van der Waals surface area contributed by atoms with Crippen LogP contribution in [0.25, 0.3) is 39.3 Å². The maximum Gasteiger partial charge on any atom is 0.340 e. The molecule has 47 heavy (non-hydrogen) atoms. The number of halogens is 1. The van der Waals surface area contributed by atoms with Crippen LogP contribution in [0.3, 0.4) is 0 Å². The quantitative estimate of drug-likeness (QED) is 0.145. The molecule has 6 bridgehead atoms. The number of aromatic nitrogens is 3. The summed E-state index contributed by atoms with van der Waals surface area (Å²) in [6, 6.07) is 20.1. The molecule has 3 aromatic carbocycles. The van der Waals surface area contributed by atoms with E-state index >= 15 is 0 Å². The number of benzene rings is 3. The van der Waals surface area contributed by atoms with Crippen LogP contribution in [0.5, 0.6) is 11.5 Å². The van der Waals surface area contributed by atoms with E-state index in [9.17, 15) is 9.18 Å². The van der Waals surface area contributed by atoms with Crippen molar-refractivity contribution in [3.8, 4) is 45.1 Å². The zero-order chi connectivity index (χ0) is 33.5. The number of hydrogen-bond donors (Lipinski definition) is 0. The van der Waals surface area contributed by atoms with Crippen molar-refractivity contribution in [2.75, 3.05) is 19.8 Å². The summed E-state index contributed by atoms with van der Waals surface area (Å²) >= 11 is 0. The minimum Gasteiger partial charge on any atom is -0.489 e. The summed E-state index contributed by atoms with van der Waals surface area (Å²) in [5.41, 5.74) is 7.06. The average molecular weight is 636 g/mol. The van der Waals surface area contributed by atoms with Gasteiger partial charge in [0.25, 0.3) is 0 Å². The molecule has 1 aliphatic rings. The van der Waals surface area contributed by atoms with Gasteiger partial charge < -0.3 is 18.9 Å². The number of carbonyl (C=O) groups is 1. The molecule has 0 N–H and O–H groups in total. The van der Waals surface area contributed by atoms with Gasteiger partial charge in [-0.3, -0.25) is 0 Å². The van der Waals surface area contributed by atoms with Crippen molar-refractivity contribution in [3.63, 3.8) is 0 Å². The Balaban J connectivity index is 1.65. The number of nitrogens with zero attached hydrogens (tertiary/aromatic N) is 3. The van der Waals surface area contributed by atoms with Gasteiger partial charge in [0.05, 0.1) is 23.6 Å². The van der Waals surface area contributed by atoms with Crippen molar-refractivity contribution < 1.29 is 28.1 Å². The van der Waals surface area contributed by atoms with Crippen LogP contribution >= 0.6 is 0 Å². The molecule has 5 aromatic rings. The zero-order valence-corrected chi connectivity index (χ0v) is 27.5. The molecule has 0 saturated carbocycles. The van der Waals surface area contributed by atoms with E-state index in [1.165, 1.54) is 12.1 Å². The fraction of sp³-hybridized carbons (Fsp3) is 0.289. The van der Waals surface area contributed by atoms with Gasteiger partial charge in [0.1, 0.15) is 30.5 Å². The first-order valence-electron chi connectivity index (χ1n) is 15.6. The summed E-state index contributed by atoms with van der Waals surface area (Å²) in [4.78, 5) is 18.5. The Hall–Kier alpha value is -5.02. The van der Waals surface area contributed by atoms with E-state index in [-0.39, 0.29) is 19.8 Å². The Kier molecular flexibility index (Phi) is 8.59. The third-order valence-electron chi connectivity index (χ3n) is 7.80. The van der Waals surface area contributed by atoms with Gasteiger partial charge in [-0.25, -0.2) is 18.7 Å². The van der Waals surface area contributed by atoms with E-state index < -0.39 is 23.5 Å². The summed E-state index contributed by atoms with van der Waals surface area (Å²) in [7, 11) is 0. The second-order valence-electron chi connectivity index (χ2n) is 12.7. The number of fused-ring (bicyclic) bond motifs is 9. The SMILES string of the molecule is C=C1COc2cc(ccc2C)-c2c([C@H](OC(C)(C)C)C(=O)OCC)c(C)nc3cc(nn23)-c2cccc(c2)-c2ccc(F)cc2OC1. The van der Waals surface area contributed by atoms with E-state index in [0.29, 0.717) is 45.4 Å². The summed E-state index contributed by atoms with van der Waals surface area (Å²) in [6.07, 6.45) is -1.08. The van der Waals surface area contributed by atoms with Crippen LogP contribution in [0.1, 0.15) is 50.6 Å². The van der Waals surface area contributed by atoms with Crippen LogP contribution in [0, 0.1) is 19.7 Å². The standard InChI is InChI=1S/C38H38FN3O5/c1-8-44-37(43)36(47-38(5,6)7)34-24(4)40-33-19-30-26-11-9-10-25(16-26)29-15-14-28(39)18-32(29)46-21-22(2)20-45-31-17-27(13-12-23(31)3)35(34)42(33)41-30/h9-19,36H,2,8,20-21H2,1,3-7H3/t36-/m0/s1. The largest absolute Gasteiger partial charge is 0.489 e. The Bertz CT molecular complexity index is 2010. The predicted octanol–water partition coefficient (Wildman–Crippen LogP) is 8.23. The third-order valence-corrected chi connectivity index (χ3v) is 7.80. The topological polar surface area (TPSA) is 84.2 Å². The lowest BCUT2D eigenvalue weighted by Gasteiger charge is -2.28. The van der Waals surface area contributed by atoms with E-state index in [1.807, 2.05) is 83.1 Å². The Morgan fingerprint density at radius 2 is 1.72 bits per heavy atom. The first kappa shape index (κ1) is 31.9. The van der Waals surface area contributed by atoms with Crippen LogP contribution in [-0.2, 0) is 14.3 Å². The van der Waals surface area contributed by atoms with E-state index in [4.69, 9.17) is 29.0 Å². The molecule has 0 spiro atoms. The molecule has 6 rings (SSSR count). The zero-order valence-electron chi connectivity index (χ0n) is 27.5. The van der Waals surface area contributed by atoms with Crippen molar-refractivity contribution in [2.45, 2.75) is 53.2 Å². The van der Waals surface area contributed by atoms with Crippen molar-refractivity contribution in [3.05, 3.63) is 102 Å². The maximum atomic E-state index is 14.4. The molecule has 9 heteroatoms. The van der Waals surface area contributed by atoms with Gasteiger partial charge in [-0.15, -0.1) is 0 Å². The molecule has 0 unspecified atom stereocenters. The summed E-state index contributed by atoms with van der Waals surface area (Å²) < 4.78 is 40.4. The summed E-state index contributed by atoms with van der Waals surface area (Å²) in [6.45, 7) is 15.9. The molecule has 1 aliphatic heterocycles. The van der Waals surface area contributed by atoms with Crippen LogP contribution in [0.15, 0.2) is 78.9 Å². The first-order valence-corrected chi connectivity index (χ1v) is 15.6. The fourth-order valence-corrected chi connectivity index (χ4v) is 5.67. The second kappa shape index (κ2) is 12.6. The number of esters is 1.